The van der Waals surface area contributed by atoms with Crippen molar-refractivity contribution in [2.24, 2.45) is 5.16 Å². The fraction of sp³-hybridized carbons (Fsp3) is 0. The molecule has 0 saturated carbocycles. The van der Waals surface area contributed by atoms with Crippen LogP contribution in [0.2, 0.25) is 0 Å². The van der Waals surface area contributed by atoms with E-state index in [1.165, 1.54) is 12.4 Å². The maximum atomic E-state index is 8.10. The van der Waals surface area contributed by atoms with Gasteiger partial charge in [0.2, 0.25) is 0 Å². The van der Waals surface area contributed by atoms with Gasteiger partial charge in [-0.2, -0.15) is 0 Å². The summed E-state index contributed by atoms with van der Waals surface area (Å²) in [5, 5.41) is 10.9. The number of anilines is 1. The number of nitrogens with two attached hydrogens (primary N) is 1. The predicted molar refractivity (Wildman–Crippen MR) is 43.1 cm³/mol. The molecule has 0 aromatic carbocycles. The monoisotopic (exact) mass is 154 g/mol. The van der Waals surface area contributed by atoms with Gasteiger partial charge in [0.25, 0.3) is 0 Å². The first-order valence-corrected chi connectivity index (χ1v) is 2.72. The lowest BCUT2D eigenvalue weighted by Crippen LogP contribution is -1.90. The first-order chi connectivity index (χ1) is 4.83. The van der Waals surface area contributed by atoms with Gasteiger partial charge in [-0.3, -0.25) is 0 Å². The van der Waals surface area contributed by atoms with Crippen LogP contribution in [0.5, 0.6) is 0 Å². The van der Waals surface area contributed by atoms with E-state index >= 15 is 0 Å². The van der Waals surface area contributed by atoms with Crippen molar-refractivity contribution >= 4 is 12.0 Å². The number of nitrogen functional groups attached to an aromatic ring is 1. The van der Waals surface area contributed by atoms with E-state index in [0.29, 0.717) is 5.82 Å². The predicted octanol–water partition coefficient (Wildman–Crippen LogP) is 0.634. The minimum Gasteiger partial charge on any atom is -0.411 e. The van der Waals surface area contributed by atoms with Gasteiger partial charge in [0.15, 0.2) is 0 Å². The van der Waals surface area contributed by atoms with Crippen molar-refractivity contribution in [2.45, 2.75) is 0 Å². The highest BCUT2D eigenvalue weighted by atomic mass is 16.4. The summed E-state index contributed by atoms with van der Waals surface area (Å²) in [6, 6.07) is 3.35. The third-order valence-corrected chi connectivity index (χ3v) is 1.02. The van der Waals surface area contributed by atoms with Crippen molar-refractivity contribution in [2.75, 3.05) is 5.73 Å². The zero-order chi connectivity index (χ0) is 7.40. The molecule has 5 heteroatoms. The SMILES string of the molecule is N.Nc1ccc(/C=N/O)cn1. The Bertz CT molecular complexity index is 231. The third kappa shape index (κ3) is 2.63. The molecule has 1 heterocycles. The van der Waals surface area contributed by atoms with Crippen LogP contribution < -0.4 is 11.9 Å². The Morgan fingerprint density at radius 1 is 1.55 bits per heavy atom. The maximum absolute atomic E-state index is 8.10. The van der Waals surface area contributed by atoms with Gasteiger partial charge < -0.3 is 17.1 Å². The van der Waals surface area contributed by atoms with E-state index < -0.39 is 0 Å². The highest BCUT2D eigenvalue weighted by molar-refractivity contribution is 5.78. The molecule has 0 amide bonds. The molecule has 0 radical (unpaired) electrons. The maximum Gasteiger partial charge on any atom is 0.123 e. The van der Waals surface area contributed by atoms with Crippen molar-refractivity contribution in [3.05, 3.63) is 23.9 Å². The molecular formula is C6H10N4O. The van der Waals surface area contributed by atoms with Crippen LogP contribution in [0.3, 0.4) is 0 Å². The molecule has 11 heavy (non-hydrogen) atoms. The zero-order valence-corrected chi connectivity index (χ0v) is 5.94. The molecule has 1 aromatic heterocycles. The van der Waals surface area contributed by atoms with Gasteiger partial charge in [-0.1, -0.05) is 5.16 Å². The first kappa shape index (κ1) is 9.38. The number of aromatic nitrogens is 1. The standard InChI is InChI=1S/C6H7N3O.H3N/c7-6-2-1-5(3-8-6)4-9-10;/h1-4,10H,(H2,7,8);1H3/b9-4+;. The number of hydrogen-bond donors (Lipinski definition) is 3. The Balaban J connectivity index is 0.000001000. The minimum absolute atomic E-state index is 0. The summed E-state index contributed by atoms with van der Waals surface area (Å²) in [6.45, 7) is 0. The van der Waals surface area contributed by atoms with E-state index in [4.69, 9.17) is 10.9 Å². The van der Waals surface area contributed by atoms with Crippen LogP contribution in [0.4, 0.5) is 5.82 Å². The molecule has 1 aromatic rings. The Morgan fingerprint density at radius 2 is 2.27 bits per heavy atom. The first-order valence-electron chi connectivity index (χ1n) is 2.72. The second-order valence-corrected chi connectivity index (χ2v) is 1.76. The molecule has 0 bridgehead atoms. The average molecular weight is 154 g/mol. The third-order valence-electron chi connectivity index (χ3n) is 1.02. The number of hydrogen-bond acceptors (Lipinski definition) is 5. The summed E-state index contributed by atoms with van der Waals surface area (Å²) in [5.74, 6) is 0.454. The quantitative estimate of drug-likeness (QED) is 0.313. The van der Waals surface area contributed by atoms with Crippen LogP contribution >= 0.6 is 0 Å². The lowest BCUT2D eigenvalue weighted by molar-refractivity contribution is 0.322. The van der Waals surface area contributed by atoms with Gasteiger partial charge in [-0.15, -0.1) is 0 Å². The van der Waals surface area contributed by atoms with E-state index in [9.17, 15) is 0 Å². The van der Waals surface area contributed by atoms with E-state index in [1.807, 2.05) is 0 Å². The van der Waals surface area contributed by atoms with Crippen molar-refractivity contribution in [3.63, 3.8) is 0 Å². The highest BCUT2D eigenvalue weighted by Gasteiger charge is 1.86. The number of pyridine rings is 1. The number of oxime groups is 1. The van der Waals surface area contributed by atoms with Crippen molar-refractivity contribution in [1.82, 2.24) is 11.1 Å². The molecule has 0 aliphatic carbocycles. The van der Waals surface area contributed by atoms with E-state index in [2.05, 4.69) is 10.1 Å². The van der Waals surface area contributed by atoms with Gasteiger partial charge in [0.1, 0.15) is 5.82 Å². The Morgan fingerprint density at radius 3 is 2.73 bits per heavy atom. The number of rotatable bonds is 1. The lowest BCUT2D eigenvalue weighted by atomic mass is 10.3. The van der Waals surface area contributed by atoms with Crippen molar-refractivity contribution in [3.8, 4) is 0 Å². The average Bonchev–Trinajstić information content (AvgIpc) is 1.95. The number of nitrogens with zero attached hydrogens (tertiary/aromatic N) is 2. The van der Waals surface area contributed by atoms with Crippen molar-refractivity contribution < 1.29 is 5.21 Å². The molecule has 0 aliphatic rings. The van der Waals surface area contributed by atoms with Gasteiger partial charge >= 0.3 is 0 Å². The Hall–Kier alpha value is -1.62. The van der Waals surface area contributed by atoms with Crippen LogP contribution in [0.1, 0.15) is 5.56 Å². The second-order valence-electron chi connectivity index (χ2n) is 1.76. The van der Waals surface area contributed by atoms with Gasteiger partial charge in [0.05, 0.1) is 6.21 Å². The van der Waals surface area contributed by atoms with E-state index in [0.717, 1.165) is 5.56 Å². The summed E-state index contributed by atoms with van der Waals surface area (Å²) in [7, 11) is 0. The summed E-state index contributed by atoms with van der Waals surface area (Å²) in [6.07, 6.45) is 2.81. The van der Waals surface area contributed by atoms with Crippen molar-refractivity contribution in [1.29, 1.82) is 0 Å². The highest BCUT2D eigenvalue weighted by Crippen LogP contribution is 1.97. The van der Waals surface area contributed by atoms with Crippen LogP contribution in [-0.4, -0.2) is 16.4 Å². The Labute approximate surface area is 64.1 Å². The summed E-state index contributed by atoms with van der Waals surface area (Å²) >= 11 is 0. The molecule has 0 unspecified atom stereocenters. The smallest absolute Gasteiger partial charge is 0.123 e. The van der Waals surface area contributed by atoms with Crippen LogP contribution in [0, 0.1) is 0 Å². The fourth-order valence-electron chi connectivity index (χ4n) is 0.560. The fourth-order valence-corrected chi connectivity index (χ4v) is 0.560. The molecule has 0 aliphatic heterocycles. The van der Waals surface area contributed by atoms with Gasteiger partial charge in [-0.05, 0) is 12.1 Å². The molecule has 0 atom stereocenters. The second kappa shape index (κ2) is 4.24. The zero-order valence-electron chi connectivity index (χ0n) is 5.94. The lowest BCUT2D eigenvalue weighted by Gasteiger charge is -1.90. The topological polar surface area (TPSA) is 106 Å². The molecule has 0 spiro atoms. The molecular weight excluding hydrogens is 144 g/mol. The van der Waals surface area contributed by atoms with Crippen LogP contribution in [0.15, 0.2) is 23.5 Å². The molecule has 0 saturated heterocycles. The van der Waals surface area contributed by atoms with E-state index in [-0.39, 0.29) is 6.15 Å². The summed E-state index contributed by atoms with van der Waals surface area (Å²) in [4.78, 5) is 3.77. The van der Waals surface area contributed by atoms with Crippen LogP contribution in [-0.2, 0) is 0 Å². The molecule has 5 nitrogen and oxygen atoms in total. The molecule has 1 rings (SSSR count). The summed E-state index contributed by atoms with van der Waals surface area (Å²) < 4.78 is 0. The van der Waals surface area contributed by atoms with Gasteiger partial charge in [-0.25, -0.2) is 4.98 Å². The normalized spacial score (nSPS) is 9.45. The minimum atomic E-state index is 0. The largest absolute Gasteiger partial charge is 0.411 e. The molecule has 6 N–H and O–H groups in total. The summed E-state index contributed by atoms with van der Waals surface area (Å²) in [5.41, 5.74) is 6.02. The molecule has 0 fully saturated rings. The molecule has 60 valence electrons. The Kier molecular flexibility index (Phi) is 3.61. The van der Waals surface area contributed by atoms with Gasteiger partial charge in [0, 0.05) is 11.8 Å². The van der Waals surface area contributed by atoms with E-state index in [1.54, 1.807) is 12.1 Å². The van der Waals surface area contributed by atoms with Crippen LogP contribution in [0.25, 0.3) is 0 Å².